The molecule has 0 unspecified atom stereocenters. The van der Waals surface area contributed by atoms with Gasteiger partial charge in [0, 0.05) is 6.54 Å². The van der Waals surface area contributed by atoms with Crippen LogP contribution in [-0.4, -0.2) is 0 Å². The van der Waals surface area contributed by atoms with Crippen molar-refractivity contribution in [1.82, 2.24) is 0 Å². The van der Waals surface area contributed by atoms with Gasteiger partial charge in [-0.15, -0.1) is 0 Å². The Bertz CT molecular complexity index is 588. The normalized spacial score (nSPS) is 9.83. The van der Waals surface area contributed by atoms with E-state index in [0.717, 1.165) is 5.56 Å². The van der Waals surface area contributed by atoms with Crippen LogP contribution in [0.2, 0.25) is 5.02 Å². The maximum absolute atomic E-state index is 12.7. The lowest BCUT2D eigenvalue weighted by Gasteiger charge is -2.08. The van der Waals surface area contributed by atoms with Crippen LogP contribution >= 0.6 is 11.6 Å². The highest BCUT2D eigenvalue weighted by molar-refractivity contribution is 6.33. The third-order valence-corrected chi connectivity index (χ3v) is 2.82. The van der Waals surface area contributed by atoms with Crippen molar-refractivity contribution in [2.24, 2.45) is 0 Å². The average molecular weight is 261 g/mol. The summed E-state index contributed by atoms with van der Waals surface area (Å²) in [6.07, 6.45) is 0. The Morgan fingerprint density at radius 3 is 2.56 bits per heavy atom. The molecule has 2 aromatic carbocycles. The van der Waals surface area contributed by atoms with Crippen molar-refractivity contribution in [3.63, 3.8) is 0 Å². The number of hydrogen-bond donors (Lipinski definition) is 1. The average Bonchev–Trinajstić information content (AvgIpc) is 2.40. The first-order chi connectivity index (χ1) is 8.69. The lowest BCUT2D eigenvalue weighted by atomic mass is 10.2. The molecule has 0 radical (unpaired) electrons. The van der Waals surface area contributed by atoms with E-state index in [0.29, 0.717) is 22.8 Å². The second-order valence-electron chi connectivity index (χ2n) is 3.79. The minimum atomic E-state index is -0.261. The van der Waals surface area contributed by atoms with Crippen LogP contribution in [0.25, 0.3) is 0 Å². The second-order valence-corrected chi connectivity index (χ2v) is 4.19. The van der Waals surface area contributed by atoms with E-state index in [-0.39, 0.29) is 5.82 Å². The van der Waals surface area contributed by atoms with Gasteiger partial charge in [-0.05, 0) is 35.9 Å². The first kappa shape index (κ1) is 12.4. The topological polar surface area (TPSA) is 35.8 Å². The summed E-state index contributed by atoms with van der Waals surface area (Å²) >= 11 is 6.01. The third-order valence-electron chi connectivity index (χ3n) is 2.49. The third kappa shape index (κ3) is 2.99. The van der Waals surface area contributed by atoms with Crippen LogP contribution in [0.5, 0.6) is 0 Å². The standard InChI is InChI=1S/C14H10ClFN2/c15-13-6-3-11(8-17)7-14(13)18-9-10-1-4-12(16)5-2-10/h1-7,18H,9H2. The molecule has 0 fully saturated rings. The Balaban J connectivity index is 2.10. The zero-order valence-electron chi connectivity index (χ0n) is 9.45. The monoisotopic (exact) mass is 260 g/mol. The molecule has 2 aromatic rings. The lowest BCUT2D eigenvalue weighted by molar-refractivity contribution is 0.627. The van der Waals surface area contributed by atoms with Gasteiger partial charge in [0.2, 0.25) is 0 Å². The van der Waals surface area contributed by atoms with E-state index in [2.05, 4.69) is 11.4 Å². The van der Waals surface area contributed by atoms with Crippen molar-refractivity contribution in [2.75, 3.05) is 5.32 Å². The number of hydrogen-bond acceptors (Lipinski definition) is 2. The molecule has 2 nitrogen and oxygen atoms in total. The van der Waals surface area contributed by atoms with Crippen molar-refractivity contribution in [3.8, 4) is 6.07 Å². The van der Waals surface area contributed by atoms with E-state index in [1.54, 1.807) is 30.3 Å². The van der Waals surface area contributed by atoms with Gasteiger partial charge >= 0.3 is 0 Å². The first-order valence-corrected chi connectivity index (χ1v) is 5.75. The predicted octanol–water partition coefficient (Wildman–Crippen LogP) is 3.96. The summed E-state index contributed by atoms with van der Waals surface area (Å²) in [7, 11) is 0. The molecule has 4 heteroatoms. The number of nitrogens with one attached hydrogen (secondary N) is 1. The quantitative estimate of drug-likeness (QED) is 0.907. The van der Waals surface area contributed by atoms with Gasteiger partial charge in [-0.2, -0.15) is 5.26 Å². The first-order valence-electron chi connectivity index (χ1n) is 5.37. The number of anilines is 1. The summed E-state index contributed by atoms with van der Waals surface area (Å²) < 4.78 is 12.7. The molecule has 0 aliphatic heterocycles. The molecule has 1 N–H and O–H groups in total. The molecular formula is C14H10ClFN2. The molecule has 0 saturated carbocycles. The van der Waals surface area contributed by atoms with Gasteiger partial charge in [-0.25, -0.2) is 4.39 Å². The molecule has 0 spiro atoms. The lowest BCUT2D eigenvalue weighted by Crippen LogP contribution is -2.00. The van der Waals surface area contributed by atoms with Crippen LogP contribution in [0.1, 0.15) is 11.1 Å². The summed E-state index contributed by atoms with van der Waals surface area (Å²) in [6, 6.07) is 13.3. The number of nitriles is 1. The number of halogens is 2. The molecule has 2 rings (SSSR count). The summed E-state index contributed by atoms with van der Waals surface area (Å²) in [4.78, 5) is 0. The number of benzene rings is 2. The molecule has 0 bridgehead atoms. The largest absolute Gasteiger partial charge is 0.380 e. The van der Waals surface area contributed by atoms with E-state index >= 15 is 0 Å². The molecule has 90 valence electrons. The van der Waals surface area contributed by atoms with Gasteiger partial charge in [0.15, 0.2) is 0 Å². The summed E-state index contributed by atoms with van der Waals surface area (Å²) in [5.41, 5.74) is 2.18. The highest BCUT2D eigenvalue weighted by Crippen LogP contribution is 2.23. The number of rotatable bonds is 3. The summed E-state index contributed by atoms with van der Waals surface area (Å²) in [5.74, 6) is -0.261. The van der Waals surface area contributed by atoms with Crippen molar-refractivity contribution >= 4 is 17.3 Å². The highest BCUT2D eigenvalue weighted by Gasteiger charge is 2.02. The second kappa shape index (κ2) is 5.52. The fourth-order valence-corrected chi connectivity index (χ4v) is 1.71. The molecular weight excluding hydrogens is 251 g/mol. The number of nitrogens with zero attached hydrogens (tertiary/aromatic N) is 1. The zero-order valence-corrected chi connectivity index (χ0v) is 10.2. The van der Waals surface area contributed by atoms with Crippen molar-refractivity contribution in [1.29, 1.82) is 5.26 Å². The van der Waals surface area contributed by atoms with Crippen LogP contribution in [-0.2, 0) is 6.54 Å². The van der Waals surface area contributed by atoms with Gasteiger partial charge in [0.1, 0.15) is 5.82 Å². The SMILES string of the molecule is N#Cc1ccc(Cl)c(NCc2ccc(F)cc2)c1. The Morgan fingerprint density at radius 1 is 1.17 bits per heavy atom. The maximum atomic E-state index is 12.7. The van der Waals surface area contributed by atoms with Crippen LogP contribution in [0.4, 0.5) is 10.1 Å². The molecule has 18 heavy (non-hydrogen) atoms. The van der Waals surface area contributed by atoms with Crippen molar-refractivity contribution in [3.05, 3.63) is 64.4 Å². The van der Waals surface area contributed by atoms with Gasteiger partial charge in [0.25, 0.3) is 0 Å². The van der Waals surface area contributed by atoms with Crippen LogP contribution in [0, 0.1) is 17.1 Å². The van der Waals surface area contributed by atoms with Gasteiger partial charge in [-0.1, -0.05) is 23.7 Å². The van der Waals surface area contributed by atoms with Crippen LogP contribution in [0.3, 0.4) is 0 Å². The summed E-state index contributed by atoms with van der Waals surface area (Å²) in [5, 5.41) is 12.5. The van der Waals surface area contributed by atoms with Crippen LogP contribution < -0.4 is 5.32 Å². The van der Waals surface area contributed by atoms with E-state index in [1.165, 1.54) is 12.1 Å². The van der Waals surface area contributed by atoms with Gasteiger partial charge < -0.3 is 5.32 Å². The molecule has 0 aliphatic carbocycles. The highest BCUT2D eigenvalue weighted by atomic mass is 35.5. The molecule has 0 aliphatic rings. The van der Waals surface area contributed by atoms with E-state index in [1.807, 2.05) is 0 Å². The van der Waals surface area contributed by atoms with Crippen molar-refractivity contribution < 1.29 is 4.39 Å². The summed E-state index contributed by atoms with van der Waals surface area (Å²) in [6.45, 7) is 0.523. The smallest absolute Gasteiger partial charge is 0.123 e. The maximum Gasteiger partial charge on any atom is 0.123 e. The predicted molar refractivity (Wildman–Crippen MR) is 69.9 cm³/mol. The zero-order chi connectivity index (χ0) is 13.0. The van der Waals surface area contributed by atoms with Crippen molar-refractivity contribution in [2.45, 2.75) is 6.54 Å². The fourth-order valence-electron chi connectivity index (χ4n) is 1.53. The van der Waals surface area contributed by atoms with E-state index in [4.69, 9.17) is 16.9 Å². The van der Waals surface area contributed by atoms with E-state index < -0.39 is 0 Å². The Kier molecular flexibility index (Phi) is 3.81. The fraction of sp³-hybridized carbons (Fsp3) is 0.0714. The Labute approximate surface area is 110 Å². The van der Waals surface area contributed by atoms with Gasteiger partial charge in [-0.3, -0.25) is 0 Å². The minimum absolute atomic E-state index is 0.261. The Morgan fingerprint density at radius 2 is 1.89 bits per heavy atom. The molecule has 0 aromatic heterocycles. The van der Waals surface area contributed by atoms with Crippen LogP contribution in [0.15, 0.2) is 42.5 Å². The molecule has 0 saturated heterocycles. The molecule has 0 amide bonds. The molecule has 0 heterocycles. The minimum Gasteiger partial charge on any atom is -0.380 e. The molecule has 0 atom stereocenters. The van der Waals surface area contributed by atoms with E-state index in [9.17, 15) is 4.39 Å². The van der Waals surface area contributed by atoms with Gasteiger partial charge in [0.05, 0.1) is 22.3 Å². The Hall–Kier alpha value is -2.05.